The molecule has 0 saturated heterocycles. The van der Waals surface area contributed by atoms with Crippen LogP contribution in [0, 0.1) is 11.3 Å². The molecule has 2 aliphatic rings. The van der Waals surface area contributed by atoms with Crippen LogP contribution >= 0.6 is 0 Å². The van der Waals surface area contributed by atoms with E-state index in [0.29, 0.717) is 5.56 Å². The van der Waals surface area contributed by atoms with Gasteiger partial charge in [0, 0.05) is 27.6 Å². The minimum Gasteiger partial charge on any atom is -0.324 e. The molecule has 5 heteroatoms. The predicted octanol–water partition coefficient (Wildman–Crippen LogP) is 7.38. The Kier molecular flexibility index (Phi) is 5.64. The molecular weight excluding hydrogens is 478 g/mol. The van der Waals surface area contributed by atoms with Gasteiger partial charge < -0.3 is 9.88 Å². The van der Waals surface area contributed by atoms with Crippen molar-refractivity contribution in [1.29, 1.82) is 5.26 Å². The number of aromatic nitrogens is 1. The Bertz CT molecular complexity index is 1900. The van der Waals surface area contributed by atoms with Gasteiger partial charge in [0.25, 0.3) is 0 Å². The van der Waals surface area contributed by atoms with Crippen LogP contribution in [-0.4, -0.2) is 16.2 Å². The lowest BCUT2D eigenvalue weighted by Crippen LogP contribution is -2.36. The number of hydrogen-bond donors (Lipinski definition) is 1. The summed E-state index contributed by atoms with van der Waals surface area (Å²) in [5.41, 5.74) is 6.99. The maximum absolute atomic E-state index is 9.50. The van der Waals surface area contributed by atoms with Gasteiger partial charge in [-0.2, -0.15) is 5.26 Å². The number of amidine groups is 2. The molecule has 1 N–H and O–H groups in total. The highest BCUT2D eigenvalue weighted by molar-refractivity contribution is 6.17. The van der Waals surface area contributed by atoms with E-state index in [-0.39, 0.29) is 6.17 Å². The first kappa shape index (κ1) is 22.9. The Balaban J connectivity index is 1.36. The standard InChI is InChI=1S/C34H25N5/c35-22-23-18-19-31-29(20-23)28-16-7-8-17-30(28)39(31)27-15-9-14-26(21-27)34-37-32(24-10-3-1-4-11-24)36-33(38-34)25-12-5-2-6-13-25/h1,3-5,7-21,32H,2,6H2,(H,36,37,38). The molecule has 5 nitrogen and oxygen atoms in total. The number of nitrogens with zero attached hydrogens (tertiary/aromatic N) is 4. The highest BCUT2D eigenvalue weighted by atomic mass is 15.2. The molecule has 186 valence electrons. The summed E-state index contributed by atoms with van der Waals surface area (Å²) in [6.07, 6.45) is 8.31. The van der Waals surface area contributed by atoms with Crippen molar-refractivity contribution in [3.8, 4) is 11.8 Å². The van der Waals surface area contributed by atoms with Gasteiger partial charge in [-0.15, -0.1) is 0 Å². The maximum Gasteiger partial charge on any atom is 0.169 e. The Morgan fingerprint density at radius 2 is 1.59 bits per heavy atom. The van der Waals surface area contributed by atoms with Gasteiger partial charge in [0.15, 0.2) is 6.17 Å². The van der Waals surface area contributed by atoms with Crippen LogP contribution in [0.5, 0.6) is 0 Å². The quantitative estimate of drug-likeness (QED) is 0.278. The number of nitrogens with one attached hydrogen (secondary N) is 1. The molecule has 1 atom stereocenters. The highest BCUT2D eigenvalue weighted by Gasteiger charge is 2.22. The van der Waals surface area contributed by atoms with E-state index in [1.54, 1.807) is 0 Å². The second kappa shape index (κ2) is 9.59. The van der Waals surface area contributed by atoms with E-state index in [2.05, 4.69) is 88.8 Å². The Morgan fingerprint density at radius 1 is 0.769 bits per heavy atom. The number of fused-ring (bicyclic) bond motifs is 3. The van der Waals surface area contributed by atoms with Gasteiger partial charge in [0.1, 0.15) is 11.7 Å². The lowest BCUT2D eigenvalue weighted by Gasteiger charge is -2.23. The Hall–Kier alpha value is -5.21. The van der Waals surface area contributed by atoms with Gasteiger partial charge in [-0.1, -0.05) is 78.9 Å². The molecule has 0 saturated carbocycles. The van der Waals surface area contributed by atoms with Crippen molar-refractivity contribution in [2.24, 2.45) is 9.98 Å². The molecule has 1 aliphatic heterocycles. The van der Waals surface area contributed by atoms with Crippen LogP contribution < -0.4 is 5.32 Å². The predicted molar refractivity (Wildman–Crippen MR) is 158 cm³/mol. The molecule has 5 aromatic rings. The fraction of sp³-hybridized carbons (Fsp3) is 0.0882. The summed E-state index contributed by atoms with van der Waals surface area (Å²) >= 11 is 0. The fourth-order valence-electron chi connectivity index (χ4n) is 5.42. The number of rotatable bonds is 4. The van der Waals surface area contributed by atoms with Crippen molar-refractivity contribution < 1.29 is 0 Å². The van der Waals surface area contributed by atoms with Crippen molar-refractivity contribution in [3.05, 3.63) is 138 Å². The summed E-state index contributed by atoms with van der Waals surface area (Å²) in [5, 5.41) is 15.2. The molecule has 0 radical (unpaired) electrons. The summed E-state index contributed by atoms with van der Waals surface area (Å²) in [4.78, 5) is 10.0. The highest BCUT2D eigenvalue weighted by Crippen LogP contribution is 2.33. The molecule has 39 heavy (non-hydrogen) atoms. The summed E-state index contributed by atoms with van der Waals surface area (Å²) in [6, 6.07) is 35.2. The smallest absolute Gasteiger partial charge is 0.169 e. The second-order valence-corrected chi connectivity index (χ2v) is 9.75. The molecule has 0 bridgehead atoms. The topological polar surface area (TPSA) is 65.5 Å². The summed E-state index contributed by atoms with van der Waals surface area (Å²) in [6.45, 7) is 0. The van der Waals surface area contributed by atoms with Crippen molar-refractivity contribution >= 4 is 33.5 Å². The molecule has 0 amide bonds. The molecule has 1 unspecified atom stereocenters. The van der Waals surface area contributed by atoms with Crippen LogP contribution in [0.15, 0.2) is 131 Å². The monoisotopic (exact) mass is 503 g/mol. The van der Waals surface area contributed by atoms with Crippen molar-refractivity contribution in [2.75, 3.05) is 0 Å². The lowest BCUT2D eigenvalue weighted by molar-refractivity contribution is 0.755. The third-order valence-corrected chi connectivity index (χ3v) is 7.29. The molecule has 1 aliphatic carbocycles. The maximum atomic E-state index is 9.50. The normalized spacial score (nSPS) is 16.8. The van der Waals surface area contributed by atoms with E-state index in [9.17, 15) is 5.26 Å². The van der Waals surface area contributed by atoms with Crippen LogP contribution in [0.1, 0.15) is 35.7 Å². The van der Waals surface area contributed by atoms with Gasteiger partial charge in [0.2, 0.25) is 0 Å². The average molecular weight is 504 g/mol. The molecule has 4 aromatic carbocycles. The SMILES string of the molecule is N#Cc1ccc2c(c1)c1ccccc1n2-c1cccc(C2=NC(c3ccccc3)N=C(C3=CCCC=C3)N2)c1. The van der Waals surface area contributed by atoms with Gasteiger partial charge in [-0.3, -0.25) is 0 Å². The van der Waals surface area contributed by atoms with Crippen molar-refractivity contribution in [3.63, 3.8) is 0 Å². The second-order valence-electron chi connectivity index (χ2n) is 9.75. The summed E-state index contributed by atoms with van der Waals surface area (Å²) < 4.78 is 2.26. The number of benzene rings is 4. The van der Waals surface area contributed by atoms with Crippen LogP contribution in [-0.2, 0) is 0 Å². The van der Waals surface area contributed by atoms with E-state index in [4.69, 9.17) is 9.98 Å². The molecular formula is C34H25N5. The molecule has 7 rings (SSSR count). The van der Waals surface area contributed by atoms with Gasteiger partial charge >= 0.3 is 0 Å². The Labute approximate surface area is 226 Å². The first-order chi connectivity index (χ1) is 19.3. The van der Waals surface area contributed by atoms with Crippen LogP contribution in [0.3, 0.4) is 0 Å². The van der Waals surface area contributed by atoms with E-state index in [1.165, 1.54) is 0 Å². The zero-order valence-corrected chi connectivity index (χ0v) is 21.3. The number of aliphatic imine (C=N–C) groups is 2. The number of para-hydroxylation sites is 1. The molecule has 0 fully saturated rings. The first-order valence-electron chi connectivity index (χ1n) is 13.2. The first-order valence-corrected chi connectivity index (χ1v) is 13.2. The lowest BCUT2D eigenvalue weighted by atomic mass is 10.0. The third kappa shape index (κ3) is 4.13. The molecule has 1 aromatic heterocycles. The zero-order valence-electron chi connectivity index (χ0n) is 21.3. The van der Waals surface area contributed by atoms with Crippen LogP contribution in [0.2, 0.25) is 0 Å². The zero-order chi connectivity index (χ0) is 26.2. The molecule has 2 heterocycles. The largest absolute Gasteiger partial charge is 0.324 e. The van der Waals surface area contributed by atoms with Crippen molar-refractivity contribution in [2.45, 2.75) is 19.0 Å². The Morgan fingerprint density at radius 3 is 2.44 bits per heavy atom. The van der Waals surface area contributed by atoms with Crippen LogP contribution in [0.25, 0.3) is 27.5 Å². The van der Waals surface area contributed by atoms with Crippen LogP contribution in [0.4, 0.5) is 0 Å². The van der Waals surface area contributed by atoms with E-state index < -0.39 is 0 Å². The van der Waals surface area contributed by atoms with E-state index in [0.717, 1.165) is 68.7 Å². The average Bonchev–Trinajstić information content (AvgIpc) is 3.35. The number of allylic oxidation sites excluding steroid dienone is 2. The number of nitriles is 1. The minimum absolute atomic E-state index is 0.324. The summed E-state index contributed by atoms with van der Waals surface area (Å²) in [7, 11) is 0. The number of hydrogen-bond acceptors (Lipinski definition) is 4. The minimum atomic E-state index is -0.324. The van der Waals surface area contributed by atoms with Gasteiger partial charge in [-0.05, 0) is 54.8 Å². The van der Waals surface area contributed by atoms with Gasteiger partial charge in [0.05, 0.1) is 22.7 Å². The summed E-state index contributed by atoms with van der Waals surface area (Å²) in [5.74, 6) is 1.64. The molecule has 0 spiro atoms. The fourth-order valence-corrected chi connectivity index (χ4v) is 5.42. The van der Waals surface area contributed by atoms with E-state index >= 15 is 0 Å². The van der Waals surface area contributed by atoms with Crippen molar-refractivity contribution in [1.82, 2.24) is 9.88 Å². The van der Waals surface area contributed by atoms with Gasteiger partial charge in [-0.25, -0.2) is 9.98 Å². The van der Waals surface area contributed by atoms with E-state index in [1.807, 2.05) is 42.5 Å². The third-order valence-electron chi connectivity index (χ3n) is 7.29.